The Kier molecular flexibility index (Phi) is 2.76. The Hall–Kier alpha value is -0.773. The molecule has 0 aliphatic rings. The van der Waals surface area contributed by atoms with Crippen LogP contribution in [0.4, 0.5) is 13.2 Å². The predicted molar refractivity (Wildman–Crippen MR) is 53.6 cm³/mol. The Morgan fingerprint density at radius 1 is 1.07 bits per heavy atom. The third kappa shape index (κ3) is 1.85. The fourth-order valence-electron chi connectivity index (χ4n) is 1.12. The third-order valence-corrected chi connectivity index (χ3v) is 4.31. The van der Waals surface area contributed by atoms with E-state index in [2.05, 4.69) is 0 Å². The highest BCUT2D eigenvalue weighted by molar-refractivity contribution is 6.78. The van der Waals surface area contributed by atoms with E-state index < -0.39 is 25.0 Å². The number of benzene rings is 1. The molecule has 0 aromatic heterocycles. The van der Waals surface area contributed by atoms with Crippen LogP contribution < -0.4 is 0 Å². The first-order valence-electron chi connectivity index (χ1n) is 4.39. The van der Waals surface area contributed by atoms with Gasteiger partial charge in [-0.25, -0.2) is 13.2 Å². The van der Waals surface area contributed by atoms with E-state index in [-0.39, 0.29) is 0 Å². The van der Waals surface area contributed by atoms with Crippen LogP contribution in [0, 0.1) is 5.82 Å². The molecule has 0 radical (unpaired) electrons. The predicted octanol–water partition coefficient (Wildman–Crippen LogP) is 3.79. The number of hydrogen-bond acceptors (Lipinski definition) is 0. The maximum absolute atomic E-state index is 13.7. The van der Waals surface area contributed by atoms with Gasteiger partial charge in [-0.3, -0.25) is 0 Å². The summed E-state index contributed by atoms with van der Waals surface area (Å²) in [5.41, 5.74) is -3.49. The summed E-state index contributed by atoms with van der Waals surface area (Å²) >= 11 is 0. The molecular formula is C10H13F3Si. The number of halogens is 3. The molecule has 0 fully saturated rings. The van der Waals surface area contributed by atoms with Gasteiger partial charge in [-0.2, -0.15) is 0 Å². The Bertz CT molecular complexity index is 328. The molecule has 0 spiro atoms. The van der Waals surface area contributed by atoms with Gasteiger partial charge in [-0.15, -0.1) is 0 Å². The lowest BCUT2D eigenvalue weighted by atomic mass is 10.2. The lowest BCUT2D eigenvalue weighted by Gasteiger charge is -2.29. The zero-order valence-electron chi connectivity index (χ0n) is 8.44. The third-order valence-electron chi connectivity index (χ3n) is 2.15. The van der Waals surface area contributed by atoms with Crippen LogP contribution in [0.15, 0.2) is 24.3 Å². The van der Waals surface area contributed by atoms with Crippen LogP contribution in [0.5, 0.6) is 0 Å². The zero-order chi connectivity index (χ0) is 11.0. The molecule has 1 rings (SSSR count). The first-order chi connectivity index (χ1) is 6.27. The van der Waals surface area contributed by atoms with E-state index in [0.717, 1.165) is 12.1 Å². The fraction of sp³-hybridized carbons (Fsp3) is 0.400. The molecule has 0 nitrogen and oxygen atoms in total. The first kappa shape index (κ1) is 11.3. The summed E-state index contributed by atoms with van der Waals surface area (Å²) in [7, 11) is -2.73. The quantitative estimate of drug-likeness (QED) is 0.662. The van der Waals surface area contributed by atoms with E-state index >= 15 is 0 Å². The van der Waals surface area contributed by atoms with Gasteiger partial charge in [-0.1, -0.05) is 37.8 Å². The van der Waals surface area contributed by atoms with Crippen molar-refractivity contribution in [1.82, 2.24) is 0 Å². The van der Waals surface area contributed by atoms with Crippen molar-refractivity contribution in [2.45, 2.75) is 25.2 Å². The molecule has 0 heterocycles. The summed E-state index contributed by atoms with van der Waals surface area (Å²) in [6, 6.07) is 5.09. The summed E-state index contributed by atoms with van der Waals surface area (Å²) in [6.45, 7) is 4.58. The number of rotatable bonds is 2. The van der Waals surface area contributed by atoms with Gasteiger partial charge in [0.05, 0.1) is 5.56 Å². The Morgan fingerprint density at radius 3 is 2.00 bits per heavy atom. The number of hydrogen-bond donors (Lipinski definition) is 0. The second-order valence-electron chi connectivity index (χ2n) is 4.30. The van der Waals surface area contributed by atoms with Gasteiger partial charge in [0, 0.05) is 0 Å². The summed E-state index contributed by atoms with van der Waals surface area (Å²) in [6.07, 6.45) is 0. The van der Waals surface area contributed by atoms with Crippen molar-refractivity contribution in [3.63, 3.8) is 0 Å². The van der Waals surface area contributed by atoms with Gasteiger partial charge < -0.3 is 0 Å². The molecule has 0 bridgehead atoms. The van der Waals surface area contributed by atoms with Crippen molar-refractivity contribution >= 4 is 8.07 Å². The molecule has 0 unspecified atom stereocenters. The maximum Gasteiger partial charge on any atom is 0.255 e. The lowest BCUT2D eigenvalue weighted by Crippen LogP contribution is -2.43. The van der Waals surface area contributed by atoms with Crippen molar-refractivity contribution in [1.29, 1.82) is 0 Å². The maximum atomic E-state index is 13.7. The van der Waals surface area contributed by atoms with E-state index in [1.54, 1.807) is 0 Å². The molecule has 78 valence electrons. The van der Waals surface area contributed by atoms with Crippen LogP contribution in [-0.4, -0.2) is 8.07 Å². The SMILES string of the molecule is C[Si](C)(C)C(F)(F)c1ccccc1F. The Morgan fingerprint density at radius 2 is 1.57 bits per heavy atom. The molecule has 0 aliphatic heterocycles. The van der Waals surface area contributed by atoms with Crippen molar-refractivity contribution in [2.24, 2.45) is 0 Å². The van der Waals surface area contributed by atoms with Crippen molar-refractivity contribution in [3.8, 4) is 0 Å². The van der Waals surface area contributed by atoms with Gasteiger partial charge >= 0.3 is 0 Å². The fourth-order valence-corrected chi connectivity index (χ4v) is 2.13. The van der Waals surface area contributed by atoms with E-state index in [4.69, 9.17) is 0 Å². The molecule has 14 heavy (non-hydrogen) atoms. The normalized spacial score (nSPS) is 13.0. The molecule has 0 atom stereocenters. The van der Waals surface area contributed by atoms with E-state index in [1.165, 1.54) is 31.8 Å². The molecule has 1 aromatic rings. The topological polar surface area (TPSA) is 0 Å². The van der Waals surface area contributed by atoms with E-state index in [1.807, 2.05) is 0 Å². The standard InChI is InChI=1S/C10H13F3Si/c1-14(2,3)10(12,13)8-6-4-5-7-9(8)11/h4-7H,1-3H3. The Labute approximate surface area is 82.8 Å². The highest BCUT2D eigenvalue weighted by atomic mass is 28.3. The molecular weight excluding hydrogens is 205 g/mol. The van der Waals surface area contributed by atoms with Crippen LogP contribution in [-0.2, 0) is 5.55 Å². The molecule has 1 aromatic carbocycles. The molecule has 0 N–H and O–H groups in total. The van der Waals surface area contributed by atoms with Gasteiger partial charge in [0.25, 0.3) is 5.55 Å². The summed E-state index contributed by atoms with van der Waals surface area (Å²) in [4.78, 5) is 0. The summed E-state index contributed by atoms with van der Waals surface area (Å²) in [5.74, 6) is -0.820. The summed E-state index contributed by atoms with van der Waals surface area (Å²) < 4.78 is 40.6. The molecule has 0 amide bonds. The highest BCUT2D eigenvalue weighted by Crippen LogP contribution is 2.38. The smallest absolute Gasteiger partial charge is 0.207 e. The minimum Gasteiger partial charge on any atom is -0.207 e. The molecule has 0 saturated heterocycles. The van der Waals surface area contributed by atoms with Crippen molar-refractivity contribution in [2.75, 3.05) is 0 Å². The van der Waals surface area contributed by atoms with Gasteiger partial charge in [0.15, 0.2) is 0 Å². The monoisotopic (exact) mass is 218 g/mol. The second kappa shape index (κ2) is 3.42. The molecule has 0 aliphatic carbocycles. The van der Waals surface area contributed by atoms with Crippen LogP contribution in [0.3, 0.4) is 0 Å². The van der Waals surface area contributed by atoms with Crippen LogP contribution in [0.1, 0.15) is 5.56 Å². The average molecular weight is 218 g/mol. The Balaban J connectivity index is 3.23. The largest absolute Gasteiger partial charge is 0.255 e. The lowest BCUT2D eigenvalue weighted by molar-refractivity contribution is 0.0752. The minimum absolute atomic E-state index is 0.473. The van der Waals surface area contributed by atoms with Crippen LogP contribution >= 0.6 is 0 Å². The number of alkyl halides is 2. The van der Waals surface area contributed by atoms with Crippen LogP contribution in [0.2, 0.25) is 19.6 Å². The van der Waals surface area contributed by atoms with Gasteiger partial charge in [-0.05, 0) is 6.07 Å². The van der Waals surface area contributed by atoms with E-state index in [0.29, 0.717) is 0 Å². The second-order valence-corrected chi connectivity index (χ2v) is 9.43. The van der Waals surface area contributed by atoms with Crippen molar-refractivity contribution in [3.05, 3.63) is 35.6 Å². The zero-order valence-corrected chi connectivity index (χ0v) is 9.44. The minimum atomic E-state index is -3.02. The molecule has 0 saturated carbocycles. The van der Waals surface area contributed by atoms with Crippen molar-refractivity contribution < 1.29 is 13.2 Å². The highest BCUT2D eigenvalue weighted by Gasteiger charge is 2.47. The average Bonchev–Trinajstić information content (AvgIpc) is 2.02. The van der Waals surface area contributed by atoms with Crippen LogP contribution in [0.25, 0.3) is 0 Å². The van der Waals surface area contributed by atoms with Gasteiger partial charge in [0.2, 0.25) is 0 Å². The van der Waals surface area contributed by atoms with Gasteiger partial charge in [0.1, 0.15) is 13.9 Å². The summed E-state index contributed by atoms with van der Waals surface area (Å²) in [5, 5.41) is 0. The van der Waals surface area contributed by atoms with E-state index in [9.17, 15) is 13.2 Å². The molecule has 4 heteroatoms. The first-order valence-corrected chi connectivity index (χ1v) is 7.89.